The summed E-state index contributed by atoms with van der Waals surface area (Å²) in [5.74, 6) is 0. The van der Waals surface area contributed by atoms with Crippen molar-refractivity contribution in [2.24, 2.45) is 0 Å². The Labute approximate surface area is 208 Å². The maximum atomic E-state index is 15.0. The van der Waals surface area contributed by atoms with Crippen LogP contribution < -0.4 is 0 Å². The van der Waals surface area contributed by atoms with Crippen LogP contribution >= 0.6 is 34.8 Å². The van der Waals surface area contributed by atoms with E-state index in [4.69, 9.17) is 34.8 Å². The Morgan fingerprint density at radius 3 is 2.03 bits per heavy atom. The molecule has 0 radical (unpaired) electrons. The van der Waals surface area contributed by atoms with Gasteiger partial charge in [-0.05, 0) is 46.6 Å². The van der Waals surface area contributed by atoms with Crippen molar-refractivity contribution in [1.29, 1.82) is 0 Å². The molecule has 0 amide bonds. The summed E-state index contributed by atoms with van der Waals surface area (Å²) in [5, 5.41) is -1.45. The first kappa shape index (κ1) is 24.7. The fourth-order valence-corrected chi connectivity index (χ4v) is 6.77. The van der Waals surface area contributed by atoms with Crippen LogP contribution in [0.15, 0.2) is 77.7 Å². The summed E-state index contributed by atoms with van der Waals surface area (Å²) in [4.78, 5) is 2.02. The lowest BCUT2D eigenvalue weighted by atomic mass is 9.78. The van der Waals surface area contributed by atoms with Crippen LogP contribution in [-0.4, -0.2) is 34.0 Å². The van der Waals surface area contributed by atoms with E-state index in [0.29, 0.717) is 4.90 Å². The summed E-state index contributed by atoms with van der Waals surface area (Å²) < 4.78 is 58.7. The highest BCUT2D eigenvalue weighted by Crippen LogP contribution is 2.53. The predicted molar refractivity (Wildman–Crippen MR) is 128 cm³/mol. The van der Waals surface area contributed by atoms with Crippen molar-refractivity contribution in [3.63, 3.8) is 0 Å². The first-order valence-corrected chi connectivity index (χ1v) is 12.4. The monoisotopic (exact) mass is 531 g/mol. The largest absolute Gasteiger partial charge is 0.611 e. The Bertz CT molecular complexity index is 1090. The fraction of sp³-hybridized carbons (Fsp3) is 0.250. The maximum absolute atomic E-state index is 15.0. The number of likely N-dealkylation sites (tertiary alicyclic amines) is 1. The van der Waals surface area contributed by atoms with E-state index in [0.717, 1.165) is 5.56 Å². The Kier molecular flexibility index (Phi) is 7.25. The van der Waals surface area contributed by atoms with Crippen LogP contribution in [0, 0.1) is 0 Å². The molecule has 9 heteroatoms. The van der Waals surface area contributed by atoms with Crippen molar-refractivity contribution in [2.75, 3.05) is 13.1 Å². The average molecular weight is 533 g/mol. The Morgan fingerprint density at radius 2 is 1.48 bits per heavy atom. The second-order valence-corrected chi connectivity index (χ2v) is 10.8. The lowest BCUT2D eigenvalue weighted by Crippen LogP contribution is -2.54. The molecule has 174 valence electrons. The molecule has 1 aliphatic heterocycles. The van der Waals surface area contributed by atoms with Crippen molar-refractivity contribution in [3.8, 4) is 0 Å². The molecular formula is C24H19Cl3F3NOS. The van der Waals surface area contributed by atoms with E-state index in [2.05, 4.69) is 0 Å². The van der Waals surface area contributed by atoms with Crippen LogP contribution in [0.25, 0.3) is 0 Å². The molecule has 0 N–H and O–H groups in total. The third kappa shape index (κ3) is 4.75. The Hall–Kier alpha value is -1.41. The topological polar surface area (TPSA) is 26.3 Å². The van der Waals surface area contributed by atoms with E-state index in [1.165, 1.54) is 12.1 Å². The van der Waals surface area contributed by atoms with Crippen molar-refractivity contribution >= 4 is 46.0 Å². The highest BCUT2D eigenvalue weighted by molar-refractivity contribution is 7.92. The van der Waals surface area contributed by atoms with Gasteiger partial charge in [-0.15, -0.1) is 0 Å². The summed E-state index contributed by atoms with van der Waals surface area (Å²) in [6.45, 7) is -0.118. The molecule has 1 fully saturated rings. The zero-order chi connectivity index (χ0) is 23.8. The first-order valence-electron chi connectivity index (χ1n) is 10.1. The number of hydrogen-bond donors (Lipinski definition) is 0. The van der Waals surface area contributed by atoms with Gasteiger partial charge in [0.25, 0.3) is 0 Å². The summed E-state index contributed by atoms with van der Waals surface area (Å²) in [5.41, 5.74) is -1.73. The molecule has 4 rings (SSSR count). The number of halogens is 6. The second kappa shape index (κ2) is 9.68. The van der Waals surface area contributed by atoms with Crippen LogP contribution in [0.5, 0.6) is 0 Å². The molecule has 3 aromatic rings. The quantitative estimate of drug-likeness (QED) is 0.258. The van der Waals surface area contributed by atoms with Crippen LogP contribution in [-0.2, 0) is 23.1 Å². The van der Waals surface area contributed by atoms with E-state index in [9.17, 15) is 4.55 Å². The van der Waals surface area contributed by atoms with Gasteiger partial charge in [0.1, 0.15) is 0 Å². The molecule has 0 saturated carbocycles. The first-order chi connectivity index (χ1) is 15.6. The molecule has 0 aliphatic carbocycles. The van der Waals surface area contributed by atoms with E-state index in [1.807, 2.05) is 30.3 Å². The van der Waals surface area contributed by atoms with E-state index < -0.39 is 28.0 Å². The van der Waals surface area contributed by atoms with E-state index >= 15 is 13.2 Å². The molecule has 3 unspecified atom stereocenters. The van der Waals surface area contributed by atoms with Crippen LogP contribution in [0.4, 0.5) is 13.2 Å². The average Bonchev–Trinajstić information content (AvgIpc) is 3.18. The normalized spacial score (nSPS) is 22.5. The summed E-state index contributed by atoms with van der Waals surface area (Å²) in [6.07, 6.45) is -4.73. The van der Waals surface area contributed by atoms with Crippen molar-refractivity contribution < 1.29 is 17.7 Å². The van der Waals surface area contributed by atoms with Gasteiger partial charge in [-0.2, -0.15) is 13.2 Å². The Balaban J connectivity index is 1.86. The molecule has 2 nitrogen and oxygen atoms in total. The van der Waals surface area contributed by atoms with Crippen LogP contribution in [0.2, 0.25) is 15.1 Å². The smallest absolute Gasteiger partial charge is 0.404 e. The van der Waals surface area contributed by atoms with Crippen molar-refractivity contribution in [2.45, 2.75) is 28.3 Å². The van der Waals surface area contributed by atoms with Crippen LogP contribution in [0.1, 0.15) is 11.1 Å². The molecule has 3 atom stereocenters. The molecule has 33 heavy (non-hydrogen) atoms. The highest BCUT2D eigenvalue weighted by atomic mass is 35.5. The van der Waals surface area contributed by atoms with Gasteiger partial charge in [-0.3, -0.25) is 4.90 Å². The lowest BCUT2D eigenvalue weighted by molar-refractivity contribution is -0.186. The highest BCUT2D eigenvalue weighted by Gasteiger charge is 2.68. The number of alkyl halides is 3. The van der Waals surface area contributed by atoms with E-state index in [-0.39, 0.29) is 40.3 Å². The van der Waals surface area contributed by atoms with Gasteiger partial charge in [-0.1, -0.05) is 83.3 Å². The van der Waals surface area contributed by atoms with Gasteiger partial charge >= 0.3 is 6.18 Å². The molecule has 0 bridgehead atoms. The summed E-state index contributed by atoms with van der Waals surface area (Å²) >= 11 is 16.4. The number of rotatable bonds is 5. The second-order valence-electron chi connectivity index (χ2n) is 7.98. The minimum atomic E-state index is -4.73. The lowest BCUT2D eigenvalue weighted by Gasteiger charge is -2.37. The van der Waals surface area contributed by atoms with Gasteiger partial charge in [0.05, 0.1) is 15.1 Å². The molecule has 0 aromatic heterocycles. The summed E-state index contributed by atoms with van der Waals surface area (Å²) in [7, 11) is 0. The number of hydrogen-bond acceptors (Lipinski definition) is 2. The van der Waals surface area contributed by atoms with Crippen molar-refractivity contribution in [1.82, 2.24) is 4.90 Å². The molecule has 0 spiro atoms. The molecule has 3 aromatic carbocycles. The van der Waals surface area contributed by atoms with E-state index in [1.54, 1.807) is 35.2 Å². The van der Waals surface area contributed by atoms with Gasteiger partial charge in [0.2, 0.25) is 0 Å². The number of benzene rings is 3. The molecule has 1 aliphatic rings. The van der Waals surface area contributed by atoms with Gasteiger partial charge in [0.15, 0.2) is 15.6 Å². The van der Waals surface area contributed by atoms with Crippen LogP contribution in [0.3, 0.4) is 0 Å². The standard InChI is InChI=1S/C24H19Cl3F3NOS/c25-19-11-17(12-20(26)22(19)27)23(24(28,29)30)15-31(13-16-7-3-1-4-8-16)14-21(23)33(32)18-9-5-2-6-10-18/h1-12,21H,13-15H2. The van der Waals surface area contributed by atoms with Crippen molar-refractivity contribution in [3.05, 3.63) is 99.0 Å². The minimum absolute atomic E-state index is 0.0146. The third-order valence-corrected chi connectivity index (χ3v) is 8.94. The zero-order valence-electron chi connectivity index (χ0n) is 17.2. The third-order valence-electron chi connectivity index (χ3n) is 5.93. The molecule has 1 saturated heterocycles. The van der Waals surface area contributed by atoms with Gasteiger partial charge in [-0.25, -0.2) is 0 Å². The number of nitrogens with zero attached hydrogens (tertiary/aromatic N) is 1. The predicted octanol–water partition coefficient (Wildman–Crippen LogP) is 7.14. The maximum Gasteiger partial charge on any atom is 0.404 e. The molecular weight excluding hydrogens is 514 g/mol. The summed E-state index contributed by atoms with van der Waals surface area (Å²) in [6, 6.07) is 19.8. The SMILES string of the molecule is [O-][S+](c1ccccc1)C1CN(Cc2ccccc2)CC1(c1cc(Cl)c(Cl)c(Cl)c1)C(F)(F)F. The molecule has 1 heterocycles. The minimum Gasteiger partial charge on any atom is -0.611 e. The van der Waals surface area contributed by atoms with Gasteiger partial charge < -0.3 is 4.55 Å². The fourth-order valence-electron chi connectivity index (χ4n) is 4.37. The van der Waals surface area contributed by atoms with Gasteiger partial charge in [0, 0.05) is 19.6 Å². The zero-order valence-corrected chi connectivity index (χ0v) is 20.2. The Morgan fingerprint density at radius 1 is 0.939 bits per heavy atom.